The van der Waals surface area contributed by atoms with Gasteiger partial charge in [0, 0.05) is 30.9 Å². The molecule has 0 spiro atoms. The Morgan fingerprint density at radius 3 is 2.41 bits per heavy atom. The minimum atomic E-state index is -0.113. The van der Waals surface area contributed by atoms with Crippen molar-refractivity contribution in [1.82, 2.24) is 14.8 Å². The first-order chi connectivity index (χ1) is 15.6. The Morgan fingerprint density at radius 1 is 1.03 bits per heavy atom. The first kappa shape index (κ1) is 23.7. The van der Waals surface area contributed by atoms with Gasteiger partial charge in [0.15, 0.2) is 11.0 Å². The van der Waals surface area contributed by atoms with Gasteiger partial charge in [0.1, 0.15) is 5.75 Å². The molecule has 1 aromatic heterocycles. The molecule has 3 rings (SSSR count). The number of anilines is 2. The summed E-state index contributed by atoms with van der Waals surface area (Å²) in [6.45, 7) is 11.5. The summed E-state index contributed by atoms with van der Waals surface area (Å²) in [6, 6.07) is 15.8. The lowest BCUT2D eigenvalue weighted by atomic mass is 10.2. The van der Waals surface area contributed by atoms with Crippen molar-refractivity contribution in [3.8, 4) is 17.1 Å². The minimum Gasteiger partial charge on any atom is -0.492 e. The highest BCUT2D eigenvalue weighted by molar-refractivity contribution is 7.99. The predicted molar refractivity (Wildman–Crippen MR) is 132 cm³/mol. The van der Waals surface area contributed by atoms with E-state index < -0.39 is 0 Å². The highest BCUT2D eigenvalue weighted by atomic mass is 32.2. The zero-order valence-electron chi connectivity index (χ0n) is 19.2. The van der Waals surface area contributed by atoms with E-state index in [1.165, 1.54) is 17.4 Å². The second kappa shape index (κ2) is 11.6. The topological polar surface area (TPSA) is 72.3 Å². The highest BCUT2D eigenvalue weighted by Crippen LogP contribution is 2.27. The van der Waals surface area contributed by atoms with Gasteiger partial charge < -0.3 is 19.5 Å². The summed E-state index contributed by atoms with van der Waals surface area (Å²) >= 11 is 1.38. The third-order valence-electron chi connectivity index (χ3n) is 5.08. The SMILES string of the molecule is CCOc1ccccc1NC(=O)CSc1nnc(-c2ccc(N(CC)CC)cc2)n1CC. The molecule has 170 valence electrons. The minimum absolute atomic E-state index is 0.113. The number of carbonyl (C=O) groups is 1. The van der Waals surface area contributed by atoms with Gasteiger partial charge in [-0.25, -0.2) is 0 Å². The van der Waals surface area contributed by atoms with Gasteiger partial charge in [-0.3, -0.25) is 4.79 Å². The number of aromatic nitrogens is 3. The zero-order chi connectivity index (χ0) is 22.9. The van der Waals surface area contributed by atoms with E-state index in [2.05, 4.69) is 65.5 Å². The lowest BCUT2D eigenvalue weighted by molar-refractivity contribution is -0.113. The number of hydrogen-bond donors (Lipinski definition) is 1. The van der Waals surface area contributed by atoms with E-state index in [1.54, 1.807) is 0 Å². The summed E-state index contributed by atoms with van der Waals surface area (Å²) in [5.74, 6) is 1.60. The van der Waals surface area contributed by atoms with E-state index in [9.17, 15) is 4.79 Å². The predicted octanol–water partition coefficient (Wildman–Crippen LogP) is 4.94. The molecule has 3 aromatic rings. The molecule has 0 aliphatic rings. The Hall–Kier alpha value is -3.00. The van der Waals surface area contributed by atoms with Crippen molar-refractivity contribution in [3.05, 3.63) is 48.5 Å². The molecule has 0 saturated heterocycles. The van der Waals surface area contributed by atoms with Crippen LogP contribution in [0.2, 0.25) is 0 Å². The summed E-state index contributed by atoms with van der Waals surface area (Å²) in [4.78, 5) is 14.8. The summed E-state index contributed by atoms with van der Waals surface area (Å²) < 4.78 is 7.62. The molecule has 7 nitrogen and oxygen atoms in total. The van der Waals surface area contributed by atoms with Gasteiger partial charge in [0.2, 0.25) is 5.91 Å². The molecule has 0 saturated carbocycles. The van der Waals surface area contributed by atoms with Crippen molar-refractivity contribution < 1.29 is 9.53 Å². The fourth-order valence-electron chi connectivity index (χ4n) is 3.47. The van der Waals surface area contributed by atoms with Gasteiger partial charge in [0.05, 0.1) is 18.0 Å². The average Bonchev–Trinajstić information content (AvgIpc) is 3.23. The first-order valence-electron chi connectivity index (χ1n) is 11.0. The van der Waals surface area contributed by atoms with Crippen LogP contribution in [-0.2, 0) is 11.3 Å². The van der Waals surface area contributed by atoms with Crippen molar-refractivity contribution in [3.63, 3.8) is 0 Å². The molecule has 0 bridgehead atoms. The Kier molecular flexibility index (Phi) is 8.56. The molecule has 0 radical (unpaired) electrons. The molecule has 2 aromatic carbocycles. The first-order valence-corrected chi connectivity index (χ1v) is 12.0. The molecular weight excluding hydrogens is 422 g/mol. The van der Waals surface area contributed by atoms with Gasteiger partial charge in [-0.05, 0) is 64.1 Å². The summed E-state index contributed by atoms with van der Waals surface area (Å²) in [5.41, 5.74) is 2.88. The van der Waals surface area contributed by atoms with Crippen molar-refractivity contribution in [2.24, 2.45) is 0 Å². The van der Waals surface area contributed by atoms with E-state index in [1.807, 2.05) is 35.8 Å². The van der Waals surface area contributed by atoms with Gasteiger partial charge in [-0.1, -0.05) is 23.9 Å². The molecule has 1 amide bonds. The van der Waals surface area contributed by atoms with Crippen molar-refractivity contribution in [1.29, 1.82) is 0 Å². The van der Waals surface area contributed by atoms with Crippen molar-refractivity contribution in [2.75, 3.05) is 35.7 Å². The van der Waals surface area contributed by atoms with Crippen LogP contribution in [0.25, 0.3) is 11.4 Å². The van der Waals surface area contributed by atoms with Gasteiger partial charge in [-0.2, -0.15) is 0 Å². The molecule has 0 aliphatic heterocycles. The molecule has 0 atom stereocenters. The fraction of sp³-hybridized carbons (Fsp3) is 0.375. The van der Waals surface area contributed by atoms with Crippen LogP contribution in [0.15, 0.2) is 53.7 Å². The van der Waals surface area contributed by atoms with E-state index >= 15 is 0 Å². The molecule has 32 heavy (non-hydrogen) atoms. The molecule has 0 fully saturated rings. The number of benzene rings is 2. The number of hydrogen-bond acceptors (Lipinski definition) is 6. The summed E-state index contributed by atoms with van der Waals surface area (Å²) in [7, 11) is 0. The van der Waals surface area contributed by atoms with E-state index in [-0.39, 0.29) is 11.7 Å². The quantitative estimate of drug-likeness (QED) is 0.415. The molecule has 1 heterocycles. The smallest absolute Gasteiger partial charge is 0.234 e. The van der Waals surface area contributed by atoms with Crippen LogP contribution in [0.4, 0.5) is 11.4 Å². The van der Waals surface area contributed by atoms with Crippen LogP contribution in [0.1, 0.15) is 27.7 Å². The lowest BCUT2D eigenvalue weighted by Crippen LogP contribution is -2.21. The highest BCUT2D eigenvalue weighted by Gasteiger charge is 2.16. The Labute approximate surface area is 194 Å². The largest absolute Gasteiger partial charge is 0.492 e. The third-order valence-corrected chi connectivity index (χ3v) is 6.05. The molecular formula is C24H31N5O2S. The maximum atomic E-state index is 12.5. The molecule has 8 heteroatoms. The van der Waals surface area contributed by atoms with Gasteiger partial charge >= 0.3 is 0 Å². The van der Waals surface area contributed by atoms with Gasteiger partial charge in [0.25, 0.3) is 0 Å². The maximum Gasteiger partial charge on any atom is 0.234 e. The normalized spacial score (nSPS) is 10.8. The van der Waals surface area contributed by atoms with Crippen molar-refractivity contribution in [2.45, 2.75) is 39.4 Å². The van der Waals surface area contributed by atoms with Crippen LogP contribution in [0.3, 0.4) is 0 Å². The van der Waals surface area contributed by atoms with Crippen LogP contribution in [-0.4, -0.2) is 46.1 Å². The summed E-state index contributed by atoms with van der Waals surface area (Å²) in [5, 5.41) is 12.4. The Bertz CT molecular complexity index is 1020. The standard InChI is InChI=1S/C24H31N5O2S/c1-5-28(6-2)19-15-13-18(14-16-19)23-26-27-24(29(23)7-3)32-17-22(30)25-20-11-9-10-12-21(20)31-8-4/h9-16H,5-8,17H2,1-4H3,(H,25,30). The second-order valence-corrected chi connectivity index (χ2v) is 7.98. The number of amides is 1. The van der Waals surface area contributed by atoms with Crippen LogP contribution in [0.5, 0.6) is 5.75 Å². The number of rotatable bonds is 11. The van der Waals surface area contributed by atoms with Crippen LogP contribution < -0.4 is 15.0 Å². The van der Waals surface area contributed by atoms with E-state index in [0.29, 0.717) is 18.0 Å². The number of nitrogens with one attached hydrogen (secondary N) is 1. The second-order valence-electron chi connectivity index (χ2n) is 7.04. The Morgan fingerprint density at radius 2 is 1.75 bits per heavy atom. The third kappa shape index (κ3) is 5.62. The van der Waals surface area contributed by atoms with Gasteiger partial charge in [-0.15, -0.1) is 10.2 Å². The number of nitrogens with zero attached hydrogens (tertiary/aromatic N) is 4. The van der Waals surface area contributed by atoms with Crippen LogP contribution >= 0.6 is 11.8 Å². The summed E-state index contributed by atoms with van der Waals surface area (Å²) in [6.07, 6.45) is 0. The maximum absolute atomic E-state index is 12.5. The van der Waals surface area contributed by atoms with E-state index in [0.717, 1.165) is 36.2 Å². The average molecular weight is 454 g/mol. The molecule has 0 aliphatic carbocycles. The number of ether oxygens (including phenoxy) is 1. The van der Waals surface area contributed by atoms with Crippen molar-refractivity contribution >= 4 is 29.0 Å². The Balaban J connectivity index is 1.68. The molecule has 1 N–H and O–H groups in total. The van der Waals surface area contributed by atoms with E-state index in [4.69, 9.17) is 4.74 Å². The fourth-order valence-corrected chi connectivity index (χ4v) is 4.27. The lowest BCUT2D eigenvalue weighted by Gasteiger charge is -2.21. The zero-order valence-corrected chi connectivity index (χ0v) is 20.0. The number of thioether (sulfide) groups is 1. The molecule has 0 unspecified atom stereocenters. The van der Waals surface area contributed by atoms with Crippen LogP contribution in [0, 0.1) is 0 Å². The number of para-hydroxylation sites is 2. The monoisotopic (exact) mass is 453 g/mol. The number of carbonyl (C=O) groups excluding carboxylic acids is 1.